The van der Waals surface area contributed by atoms with Crippen LogP contribution in [0.15, 0.2) is 66.2 Å². The van der Waals surface area contributed by atoms with Gasteiger partial charge in [-0.1, -0.05) is 42.5 Å². The molecule has 0 saturated carbocycles. The first kappa shape index (κ1) is 20.9. The lowest BCUT2D eigenvalue weighted by Gasteiger charge is -2.22. The van der Waals surface area contributed by atoms with E-state index < -0.39 is 12.6 Å². The summed E-state index contributed by atoms with van der Waals surface area (Å²) in [5.41, 5.74) is 1.10. The second kappa shape index (κ2) is 9.23. The van der Waals surface area contributed by atoms with Crippen molar-refractivity contribution in [3.05, 3.63) is 71.8 Å². The number of likely N-dealkylation sites (N-methyl/N-ethyl adjacent to an activating group) is 1. The largest absolute Gasteiger partial charge is 0.454 e. The Hall–Kier alpha value is -4.31. The van der Waals surface area contributed by atoms with Gasteiger partial charge in [-0.2, -0.15) is 5.26 Å². The van der Waals surface area contributed by atoms with Gasteiger partial charge in [-0.25, -0.2) is 4.79 Å². The van der Waals surface area contributed by atoms with Crippen LogP contribution in [-0.2, 0) is 14.3 Å². The topological polar surface area (TPSA) is 88.9 Å². The summed E-state index contributed by atoms with van der Waals surface area (Å²) in [5, 5.41) is 11.3. The summed E-state index contributed by atoms with van der Waals surface area (Å²) in [6.07, 6.45) is 1.39. The highest BCUT2D eigenvalue weighted by Crippen LogP contribution is 2.33. The Morgan fingerprint density at radius 1 is 1.09 bits per heavy atom. The molecule has 0 bridgehead atoms. The first-order chi connectivity index (χ1) is 15.6. The highest BCUT2D eigenvalue weighted by atomic mass is 16.7. The molecule has 32 heavy (non-hydrogen) atoms. The van der Waals surface area contributed by atoms with Crippen molar-refractivity contribution in [1.82, 2.24) is 0 Å². The van der Waals surface area contributed by atoms with Crippen LogP contribution in [0.2, 0.25) is 0 Å². The Balaban J connectivity index is 1.47. The van der Waals surface area contributed by atoms with Crippen LogP contribution in [0.4, 0.5) is 5.69 Å². The molecule has 1 aliphatic rings. The van der Waals surface area contributed by atoms with Gasteiger partial charge in [0.25, 0.3) is 5.91 Å². The average molecular weight is 428 g/mol. The van der Waals surface area contributed by atoms with Gasteiger partial charge in [0.2, 0.25) is 6.79 Å². The van der Waals surface area contributed by atoms with Gasteiger partial charge < -0.3 is 19.1 Å². The van der Waals surface area contributed by atoms with E-state index in [1.54, 1.807) is 23.1 Å². The summed E-state index contributed by atoms with van der Waals surface area (Å²) in [6, 6.07) is 20.3. The molecule has 0 aliphatic carbocycles. The predicted octanol–water partition coefficient (Wildman–Crippen LogP) is 4.07. The van der Waals surface area contributed by atoms with Gasteiger partial charge in [0.15, 0.2) is 18.1 Å². The third-order valence-corrected chi connectivity index (χ3v) is 5.05. The monoisotopic (exact) mass is 428 g/mol. The highest BCUT2D eigenvalue weighted by molar-refractivity contribution is 6.05. The third kappa shape index (κ3) is 4.25. The maximum Gasteiger partial charge on any atom is 0.349 e. The molecule has 1 heterocycles. The minimum Gasteiger partial charge on any atom is -0.454 e. The van der Waals surface area contributed by atoms with Gasteiger partial charge in [-0.05, 0) is 42.1 Å². The zero-order chi connectivity index (χ0) is 22.5. The van der Waals surface area contributed by atoms with Crippen molar-refractivity contribution in [3.63, 3.8) is 0 Å². The number of nitriles is 1. The van der Waals surface area contributed by atoms with Crippen molar-refractivity contribution in [2.75, 3.05) is 24.8 Å². The van der Waals surface area contributed by atoms with Crippen molar-refractivity contribution in [3.8, 4) is 17.6 Å². The molecular formula is C25H20N2O5. The number of rotatable bonds is 6. The minimum atomic E-state index is -0.868. The van der Waals surface area contributed by atoms with Gasteiger partial charge >= 0.3 is 5.97 Å². The molecule has 1 amide bonds. The number of esters is 1. The number of hydrogen-bond acceptors (Lipinski definition) is 6. The van der Waals surface area contributed by atoms with E-state index >= 15 is 0 Å². The molecule has 3 aromatic rings. The summed E-state index contributed by atoms with van der Waals surface area (Å²) in [6.45, 7) is 1.91. The number of amides is 1. The van der Waals surface area contributed by atoms with Gasteiger partial charge in [0, 0.05) is 11.9 Å². The predicted molar refractivity (Wildman–Crippen MR) is 119 cm³/mol. The number of ether oxygens (including phenoxy) is 3. The van der Waals surface area contributed by atoms with Crippen LogP contribution in [0.5, 0.6) is 11.5 Å². The normalized spacial score (nSPS) is 12.3. The fourth-order valence-corrected chi connectivity index (χ4v) is 3.51. The van der Waals surface area contributed by atoms with Crippen LogP contribution in [0.1, 0.15) is 12.5 Å². The summed E-state index contributed by atoms with van der Waals surface area (Å²) in [7, 11) is 0. The molecule has 0 N–H and O–H groups in total. The molecule has 0 spiro atoms. The Morgan fingerprint density at radius 2 is 1.88 bits per heavy atom. The lowest BCUT2D eigenvalue weighted by Crippen LogP contribution is -2.34. The smallest absolute Gasteiger partial charge is 0.349 e. The van der Waals surface area contributed by atoms with E-state index in [4.69, 9.17) is 14.2 Å². The number of hydrogen-bond donors (Lipinski definition) is 0. The molecule has 7 nitrogen and oxygen atoms in total. The Bertz CT molecular complexity index is 1250. The first-order valence-electron chi connectivity index (χ1n) is 10.1. The second-order valence-corrected chi connectivity index (χ2v) is 6.99. The highest BCUT2D eigenvalue weighted by Gasteiger charge is 2.20. The minimum absolute atomic E-state index is 0.127. The van der Waals surface area contributed by atoms with Gasteiger partial charge in [-0.3, -0.25) is 4.79 Å². The molecule has 0 radical (unpaired) electrons. The summed E-state index contributed by atoms with van der Waals surface area (Å²) in [5.74, 6) is -0.111. The number of carbonyl (C=O) groups excluding carboxylic acids is 2. The molecule has 160 valence electrons. The van der Waals surface area contributed by atoms with Crippen molar-refractivity contribution in [2.24, 2.45) is 0 Å². The van der Waals surface area contributed by atoms with E-state index in [1.807, 2.05) is 55.5 Å². The van der Waals surface area contributed by atoms with Crippen molar-refractivity contribution in [1.29, 1.82) is 5.26 Å². The van der Waals surface area contributed by atoms with Gasteiger partial charge in [0.1, 0.15) is 11.6 Å². The lowest BCUT2D eigenvalue weighted by molar-refractivity contribution is -0.143. The summed E-state index contributed by atoms with van der Waals surface area (Å²) in [4.78, 5) is 26.8. The molecular weight excluding hydrogens is 408 g/mol. The van der Waals surface area contributed by atoms with Gasteiger partial charge in [-0.15, -0.1) is 0 Å². The molecule has 0 fully saturated rings. The lowest BCUT2D eigenvalue weighted by atomic mass is 10.1. The maximum atomic E-state index is 12.8. The third-order valence-electron chi connectivity index (χ3n) is 5.05. The fraction of sp³-hybridized carbons (Fsp3) is 0.160. The molecule has 3 aromatic carbocycles. The second-order valence-electron chi connectivity index (χ2n) is 6.99. The summed E-state index contributed by atoms with van der Waals surface area (Å²) >= 11 is 0. The average Bonchev–Trinajstić information content (AvgIpc) is 3.29. The number of benzene rings is 3. The van der Waals surface area contributed by atoms with E-state index in [9.17, 15) is 14.9 Å². The SMILES string of the molecule is CCN(C(=O)COC(=O)C(C#N)=Cc1ccc2c(c1)OCO2)c1cccc2ccccc12. The maximum absolute atomic E-state index is 12.8. The number of fused-ring (bicyclic) bond motifs is 2. The van der Waals surface area contributed by atoms with Crippen LogP contribution < -0.4 is 14.4 Å². The molecule has 7 heteroatoms. The van der Waals surface area contributed by atoms with Crippen LogP contribution >= 0.6 is 0 Å². The van der Waals surface area contributed by atoms with E-state index in [1.165, 1.54) is 6.08 Å². The molecule has 0 aromatic heterocycles. The fourth-order valence-electron chi connectivity index (χ4n) is 3.51. The zero-order valence-electron chi connectivity index (χ0n) is 17.4. The number of carbonyl (C=O) groups is 2. The van der Waals surface area contributed by atoms with Crippen LogP contribution in [0.25, 0.3) is 16.8 Å². The van der Waals surface area contributed by atoms with Gasteiger partial charge in [0.05, 0.1) is 5.69 Å². The standard InChI is InChI=1S/C25H20N2O5/c1-2-27(21-9-5-7-18-6-3-4-8-20(18)21)24(28)15-30-25(29)19(14-26)12-17-10-11-22-23(13-17)32-16-31-22/h3-13H,2,15-16H2,1H3. The Morgan fingerprint density at radius 3 is 2.69 bits per heavy atom. The first-order valence-corrected chi connectivity index (χ1v) is 10.1. The van der Waals surface area contributed by atoms with Crippen LogP contribution in [0.3, 0.4) is 0 Å². The molecule has 0 unspecified atom stereocenters. The van der Waals surface area contributed by atoms with Crippen molar-refractivity contribution < 1.29 is 23.8 Å². The Kier molecular flexibility index (Phi) is 6.04. The van der Waals surface area contributed by atoms with Crippen molar-refractivity contribution >= 4 is 34.4 Å². The van der Waals surface area contributed by atoms with E-state index in [0.29, 0.717) is 23.6 Å². The van der Waals surface area contributed by atoms with E-state index in [0.717, 1.165) is 16.5 Å². The molecule has 0 saturated heterocycles. The Labute approximate surface area is 185 Å². The van der Waals surface area contributed by atoms with Crippen LogP contribution in [0, 0.1) is 11.3 Å². The molecule has 4 rings (SSSR count). The van der Waals surface area contributed by atoms with E-state index in [2.05, 4.69) is 0 Å². The quantitative estimate of drug-likeness (QED) is 0.334. The van der Waals surface area contributed by atoms with Crippen LogP contribution in [-0.4, -0.2) is 31.8 Å². The number of nitrogens with zero attached hydrogens (tertiary/aromatic N) is 2. The van der Waals surface area contributed by atoms with Crippen molar-refractivity contribution in [2.45, 2.75) is 6.92 Å². The molecule has 1 aliphatic heterocycles. The van der Waals surface area contributed by atoms with E-state index in [-0.39, 0.29) is 18.3 Å². The number of anilines is 1. The molecule has 0 atom stereocenters. The zero-order valence-corrected chi connectivity index (χ0v) is 17.4. The summed E-state index contributed by atoms with van der Waals surface area (Å²) < 4.78 is 15.7.